The molecule has 2 aromatic heterocycles. The molecule has 1 saturated carbocycles. The fraction of sp³-hybridized carbons (Fsp3) is 0.533. The van der Waals surface area contributed by atoms with Gasteiger partial charge in [0.2, 0.25) is 5.82 Å². The van der Waals surface area contributed by atoms with E-state index in [9.17, 15) is 26.7 Å². The normalized spacial score (nSPS) is 14.6. The Kier molecular flexibility index (Phi) is 5.36. The molecule has 6 nitrogen and oxygen atoms in total. The first-order chi connectivity index (χ1) is 12.6. The van der Waals surface area contributed by atoms with Crippen molar-refractivity contribution in [2.24, 2.45) is 0 Å². The van der Waals surface area contributed by atoms with Crippen LogP contribution in [0.15, 0.2) is 16.7 Å². The third-order valence-corrected chi connectivity index (χ3v) is 4.90. The molecule has 0 aromatic carbocycles. The highest BCUT2D eigenvalue weighted by Gasteiger charge is 2.39. The maximum atomic E-state index is 12.7. The Hall–Kier alpha value is -2.24. The van der Waals surface area contributed by atoms with Crippen molar-refractivity contribution in [2.45, 2.75) is 38.0 Å². The fourth-order valence-electron chi connectivity index (χ4n) is 2.46. The van der Waals surface area contributed by atoms with E-state index in [-0.39, 0.29) is 18.4 Å². The smallest absolute Gasteiger partial charge is 0.329 e. The molecule has 0 spiro atoms. The van der Waals surface area contributed by atoms with E-state index in [0.717, 1.165) is 16.2 Å². The van der Waals surface area contributed by atoms with Crippen molar-refractivity contribution in [1.29, 1.82) is 0 Å². The summed E-state index contributed by atoms with van der Waals surface area (Å²) < 4.78 is 67.1. The van der Waals surface area contributed by atoms with Crippen molar-refractivity contribution in [1.82, 2.24) is 19.9 Å². The van der Waals surface area contributed by atoms with Gasteiger partial charge in [-0.25, -0.2) is 13.6 Å². The van der Waals surface area contributed by atoms with Crippen LogP contribution < -0.4 is 0 Å². The van der Waals surface area contributed by atoms with E-state index in [0.29, 0.717) is 22.6 Å². The van der Waals surface area contributed by atoms with Crippen LogP contribution in [0.5, 0.6) is 0 Å². The second-order valence-corrected chi connectivity index (χ2v) is 7.27. The van der Waals surface area contributed by atoms with Crippen LogP contribution >= 0.6 is 11.3 Å². The Labute approximate surface area is 154 Å². The van der Waals surface area contributed by atoms with Crippen LogP contribution in [0.1, 0.15) is 23.6 Å². The lowest BCUT2D eigenvalue weighted by Crippen LogP contribution is -2.44. The molecule has 2 aromatic rings. The highest BCUT2D eigenvalue weighted by molar-refractivity contribution is 7.15. The van der Waals surface area contributed by atoms with Crippen molar-refractivity contribution in [3.05, 3.63) is 22.9 Å². The molecular formula is C15H15F5N4O2S. The fourth-order valence-corrected chi connectivity index (χ4v) is 3.45. The van der Waals surface area contributed by atoms with Crippen LogP contribution in [0, 0.1) is 0 Å². The van der Waals surface area contributed by atoms with Crippen molar-refractivity contribution in [3.63, 3.8) is 0 Å². The number of halogens is 5. The maximum absolute atomic E-state index is 12.7. The maximum Gasteiger partial charge on any atom is 0.471 e. The van der Waals surface area contributed by atoms with Gasteiger partial charge in [0, 0.05) is 18.0 Å². The third kappa shape index (κ3) is 4.73. The van der Waals surface area contributed by atoms with Gasteiger partial charge in [0.05, 0.1) is 18.0 Å². The van der Waals surface area contributed by atoms with Crippen LogP contribution in [0.4, 0.5) is 26.7 Å². The molecule has 27 heavy (non-hydrogen) atoms. The summed E-state index contributed by atoms with van der Waals surface area (Å²) in [6.45, 7) is -0.494. The lowest BCUT2D eigenvalue weighted by molar-refractivity contribution is -0.159. The summed E-state index contributed by atoms with van der Waals surface area (Å²) in [6, 6.07) is 2.46. The average molecular weight is 410 g/mol. The molecule has 0 bridgehead atoms. The van der Waals surface area contributed by atoms with Crippen molar-refractivity contribution >= 4 is 17.4 Å². The number of amides is 2. The second-order valence-electron chi connectivity index (χ2n) is 6.10. The first-order valence-electron chi connectivity index (χ1n) is 7.95. The van der Waals surface area contributed by atoms with E-state index in [1.165, 1.54) is 18.0 Å². The second kappa shape index (κ2) is 7.41. The number of carbonyl (C=O) groups excluding carboxylic acids is 1. The van der Waals surface area contributed by atoms with Gasteiger partial charge in [0.15, 0.2) is 0 Å². The molecule has 0 atom stereocenters. The molecule has 0 N–H and O–H groups in total. The van der Waals surface area contributed by atoms with Crippen LogP contribution in [0.25, 0.3) is 10.7 Å². The van der Waals surface area contributed by atoms with Crippen LogP contribution in [0.2, 0.25) is 0 Å². The van der Waals surface area contributed by atoms with Gasteiger partial charge >= 0.3 is 18.1 Å². The summed E-state index contributed by atoms with van der Waals surface area (Å²) in [5, 5.41) is 3.31. The summed E-state index contributed by atoms with van der Waals surface area (Å²) >= 11 is 1.09. The molecule has 2 heterocycles. The Morgan fingerprint density at radius 1 is 1.37 bits per heavy atom. The highest BCUT2D eigenvalue weighted by Crippen LogP contribution is 2.32. The van der Waals surface area contributed by atoms with E-state index in [1.54, 1.807) is 6.07 Å². The molecule has 0 unspecified atom stereocenters. The van der Waals surface area contributed by atoms with Crippen LogP contribution in [-0.4, -0.2) is 52.0 Å². The minimum absolute atomic E-state index is 0.125. The molecule has 1 aliphatic rings. The number of hydrogen-bond acceptors (Lipinski definition) is 5. The molecule has 2 amide bonds. The number of aromatic nitrogens is 2. The topological polar surface area (TPSA) is 62.5 Å². The summed E-state index contributed by atoms with van der Waals surface area (Å²) in [5.74, 6) is -1.64. The van der Waals surface area contributed by atoms with Gasteiger partial charge in [-0.1, -0.05) is 5.16 Å². The number of urea groups is 1. The van der Waals surface area contributed by atoms with E-state index in [1.807, 2.05) is 0 Å². The quantitative estimate of drug-likeness (QED) is 0.673. The number of nitrogens with zero attached hydrogens (tertiary/aromatic N) is 4. The van der Waals surface area contributed by atoms with Crippen molar-refractivity contribution in [3.8, 4) is 10.7 Å². The van der Waals surface area contributed by atoms with Crippen molar-refractivity contribution in [2.75, 3.05) is 13.6 Å². The standard InChI is InChI=1S/C15H15F5N4O2S/c1-23(14(25)24(7-11(16)17)8-2-3-8)6-9-4-5-10(27-9)12-21-13(26-22-12)15(18,19)20/h4-5,8,11H,2-3,6-7H2,1H3. The van der Waals surface area contributed by atoms with Gasteiger partial charge < -0.3 is 14.3 Å². The predicted octanol–water partition coefficient (Wildman–Crippen LogP) is 4.10. The zero-order valence-electron chi connectivity index (χ0n) is 14.0. The van der Waals surface area contributed by atoms with Gasteiger partial charge in [-0.05, 0) is 25.0 Å². The number of carbonyl (C=O) groups is 1. The highest BCUT2D eigenvalue weighted by atomic mass is 32.1. The number of rotatable bonds is 6. The number of thiophene rings is 1. The van der Waals surface area contributed by atoms with Gasteiger partial charge in [0.1, 0.15) is 0 Å². The van der Waals surface area contributed by atoms with Gasteiger partial charge in [-0.2, -0.15) is 18.2 Å². The minimum atomic E-state index is -4.73. The Morgan fingerprint density at radius 2 is 2.07 bits per heavy atom. The first kappa shape index (κ1) is 19.5. The molecule has 0 aliphatic heterocycles. The number of alkyl halides is 5. The first-order valence-corrected chi connectivity index (χ1v) is 8.76. The molecule has 1 fully saturated rings. The molecular weight excluding hydrogens is 395 g/mol. The van der Waals surface area contributed by atoms with E-state index in [2.05, 4.69) is 14.7 Å². The van der Waals surface area contributed by atoms with E-state index < -0.39 is 31.1 Å². The zero-order chi connectivity index (χ0) is 19.8. The molecule has 0 saturated heterocycles. The Morgan fingerprint density at radius 3 is 2.63 bits per heavy atom. The molecule has 12 heteroatoms. The average Bonchev–Trinajstić information content (AvgIpc) is 3.09. The summed E-state index contributed by atoms with van der Waals surface area (Å²) in [6.07, 6.45) is -5.93. The van der Waals surface area contributed by atoms with Gasteiger partial charge in [-0.3, -0.25) is 0 Å². The molecule has 3 rings (SSSR count). The summed E-state index contributed by atoms with van der Waals surface area (Å²) in [7, 11) is 1.48. The third-order valence-electron chi connectivity index (χ3n) is 3.84. The molecule has 1 aliphatic carbocycles. The van der Waals surface area contributed by atoms with E-state index >= 15 is 0 Å². The van der Waals surface area contributed by atoms with Crippen LogP contribution in [0.3, 0.4) is 0 Å². The monoisotopic (exact) mass is 410 g/mol. The lowest BCUT2D eigenvalue weighted by atomic mass is 10.4. The predicted molar refractivity (Wildman–Crippen MR) is 85.2 cm³/mol. The Balaban J connectivity index is 1.66. The SMILES string of the molecule is CN(Cc1ccc(-c2noc(C(F)(F)F)n2)s1)C(=O)N(CC(F)F)C1CC1. The van der Waals surface area contributed by atoms with Gasteiger partial charge in [-0.15, -0.1) is 11.3 Å². The van der Waals surface area contributed by atoms with E-state index in [4.69, 9.17) is 0 Å². The molecule has 148 valence electrons. The van der Waals surface area contributed by atoms with Crippen LogP contribution in [-0.2, 0) is 12.7 Å². The number of hydrogen-bond donors (Lipinski definition) is 0. The molecule has 0 radical (unpaired) electrons. The lowest BCUT2D eigenvalue weighted by Gasteiger charge is -2.27. The van der Waals surface area contributed by atoms with Gasteiger partial charge in [0.25, 0.3) is 6.43 Å². The van der Waals surface area contributed by atoms with Crippen molar-refractivity contribution < 1.29 is 31.3 Å². The minimum Gasteiger partial charge on any atom is -0.329 e. The Bertz CT molecular complexity index is 802. The summed E-state index contributed by atoms with van der Waals surface area (Å²) in [5.41, 5.74) is 0. The largest absolute Gasteiger partial charge is 0.471 e. The summed E-state index contributed by atoms with van der Waals surface area (Å²) in [4.78, 5) is 19.2. The zero-order valence-corrected chi connectivity index (χ0v) is 14.9.